The maximum absolute atomic E-state index is 6.31. The fraction of sp³-hybridized carbons (Fsp3) is 0.333. The number of halogens is 1. The van der Waals surface area contributed by atoms with Gasteiger partial charge in [0.2, 0.25) is 0 Å². The lowest BCUT2D eigenvalue weighted by molar-refractivity contribution is 0.0980. The van der Waals surface area contributed by atoms with Gasteiger partial charge in [-0.1, -0.05) is 23.7 Å². The average Bonchev–Trinajstić information content (AvgIpc) is 2.68. The van der Waals surface area contributed by atoms with Crippen LogP contribution in [0.25, 0.3) is 10.9 Å². The molecule has 1 fully saturated rings. The Morgan fingerprint density at radius 1 is 1.08 bits per heavy atom. The smallest absolute Gasteiger partial charge is 0.0747 e. The van der Waals surface area contributed by atoms with Gasteiger partial charge in [-0.25, -0.2) is 0 Å². The lowest BCUT2D eigenvalue weighted by Crippen LogP contribution is -2.46. The van der Waals surface area contributed by atoms with Crippen LogP contribution in [-0.2, 0) is 6.54 Å². The highest BCUT2D eigenvalue weighted by molar-refractivity contribution is 6.31. The molecule has 1 aromatic carbocycles. The minimum atomic E-state index is 0.402. The van der Waals surface area contributed by atoms with E-state index in [-0.39, 0.29) is 0 Å². The molecule has 3 aromatic rings. The van der Waals surface area contributed by atoms with Crippen LogP contribution < -0.4 is 0 Å². The Hall–Kier alpha value is -2.01. The van der Waals surface area contributed by atoms with Crippen LogP contribution in [0, 0.1) is 0 Å². The third kappa shape index (κ3) is 3.73. The summed E-state index contributed by atoms with van der Waals surface area (Å²) >= 11 is 6.31. The molecule has 0 radical (unpaired) electrons. The highest BCUT2D eigenvalue weighted by Gasteiger charge is 2.22. The van der Waals surface area contributed by atoms with E-state index in [1.54, 1.807) is 0 Å². The highest BCUT2D eigenvalue weighted by Crippen LogP contribution is 2.25. The van der Waals surface area contributed by atoms with Crippen molar-refractivity contribution in [3.63, 3.8) is 0 Å². The largest absolute Gasteiger partial charge is 0.296 e. The van der Waals surface area contributed by atoms with Crippen molar-refractivity contribution in [1.29, 1.82) is 0 Å². The first-order valence-electron chi connectivity index (χ1n) is 9.10. The average molecular weight is 367 g/mol. The number of fused-ring (bicyclic) bond motifs is 1. The van der Waals surface area contributed by atoms with Gasteiger partial charge in [-0.3, -0.25) is 19.8 Å². The van der Waals surface area contributed by atoms with Gasteiger partial charge in [0.15, 0.2) is 0 Å². The van der Waals surface area contributed by atoms with E-state index in [2.05, 4.69) is 44.9 Å². The molecule has 0 spiro atoms. The van der Waals surface area contributed by atoms with E-state index in [1.165, 1.54) is 11.1 Å². The second kappa shape index (κ2) is 7.70. The molecule has 1 aliphatic heterocycles. The molecule has 4 rings (SSSR count). The van der Waals surface area contributed by atoms with Gasteiger partial charge in [-0.15, -0.1) is 0 Å². The zero-order valence-corrected chi connectivity index (χ0v) is 15.7. The standard InChI is InChI=1S/C21H23ClN4/c1-16(18-5-2-6-23-14-18)26-10-8-25(9-11-26)15-19-13-20(22)12-17-4-3-7-24-21(17)19/h2-7,12-14,16H,8-11,15H2,1H3. The molecule has 0 saturated carbocycles. The molecule has 0 aliphatic carbocycles. The molecule has 1 atom stereocenters. The van der Waals surface area contributed by atoms with Gasteiger partial charge in [-0.2, -0.15) is 0 Å². The predicted octanol–water partition coefficient (Wildman–Crippen LogP) is 4.16. The van der Waals surface area contributed by atoms with Crippen LogP contribution in [0.3, 0.4) is 0 Å². The molecule has 134 valence electrons. The van der Waals surface area contributed by atoms with Crippen molar-refractivity contribution in [3.05, 3.63) is 71.1 Å². The Morgan fingerprint density at radius 2 is 1.88 bits per heavy atom. The van der Waals surface area contributed by atoms with Crippen LogP contribution in [0.5, 0.6) is 0 Å². The van der Waals surface area contributed by atoms with Crippen molar-refractivity contribution < 1.29 is 0 Å². The summed E-state index contributed by atoms with van der Waals surface area (Å²) in [6.07, 6.45) is 5.66. The Morgan fingerprint density at radius 3 is 2.65 bits per heavy atom. The van der Waals surface area contributed by atoms with Crippen molar-refractivity contribution >= 4 is 22.5 Å². The van der Waals surface area contributed by atoms with Gasteiger partial charge in [0.05, 0.1) is 5.52 Å². The number of aromatic nitrogens is 2. The van der Waals surface area contributed by atoms with Gasteiger partial charge in [0.25, 0.3) is 0 Å². The fourth-order valence-electron chi connectivity index (χ4n) is 3.73. The summed E-state index contributed by atoms with van der Waals surface area (Å²) in [5.41, 5.74) is 3.55. The first-order valence-corrected chi connectivity index (χ1v) is 9.48. The second-order valence-electron chi connectivity index (χ2n) is 6.91. The van der Waals surface area contributed by atoms with Gasteiger partial charge >= 0.3 is 0 Å². The molecule has 1 unspecified atom stereocenters. The number of hydrogen-bond acceptors (Lipinski definition) is 4. The summed E-state index contributed by atoms with van der Waals surface area (Å²) in [7, 11) is 0. The molecule has 4 nitrogen and oxygen atoms in total. The molecule has 26 heavy (non-hydrogen) atoms. The number of rotatable bonds is 4. The van der Waals surface area contributed by atoms with Crippen LogP contribution in [0.15, 0.2) is 55.0 Å². The molecule has 3 heterocycles. The normalized spacial score (nSPS) is 17.5. The lowest BCUT2D eigenvalue weighted by atomic mass is 10.1. The van der Waals surface area contributed by atoms with Gasteiger partial charge < -0.3 is 0 Å². The lowest BCUT2D eigenvalue weighted by Gasteiger charge is -2.38. The first kappa shape index (κ1) is 17.4. The van der Waals surface area contributed by atoms with Crippen LogP contribution in [0.2, 0.25) is 5.02 Å². The molecular weight excluding hydrogens is 344 g/mol. The Balaban J connectivity index is 1.43. The van der Waals surface area contributed by atoms with Crippen molar-refractivity contribution in [1.82, 2.24) is 19.8 Å². The summed E-state index contributed by atoms with van der Waals surface area (Å²) in [5, 5.41) is 1.89. The number of benzene rings is 1. The SMILES string of the molecule is CC(c1cccnc1)N1CCN(Cc2cc(Cl)cc3cccnc23)CC1. The van der Waals surface area contributed by atoms with Crippen molar-refractivity contribution in [3.8, 4) is 0 Å². The number of hydrogen-bond donors (Lipinski definition) is 0. The maximum Gasteiger partial charge on any atom is 0.0747 e. The minimum absolute atomic E-state index is 0.402. The molecule has 0 N–H and O–H groups in total. The molecular formula is C21H23ClN4. The number of nitrogens with zero attached hydrogens (tertiary/aromatic N) is 4. The Labute approximate surface area is 159 Å². The van der Waals surface area contributed by atoms with E-state index < -0.39 is 0 Å². The molecule has 0 bridgehead atoms. The highest BCUT2D eigenvalue weighted by atomic mass is 35.5. The fourth-order valence-corrected chi connectivity index (χ4v) is 3.98. The van der Waals surface area contributed by atoms with E-state index in [9.17, 15) is 0 Å². The molecule has 1 saturated heterocycles. The van der Waals surface area contributed by atoms with Gasteiger partial charge in [-0.05, 0) is 42.3 Å². The predicted molar refractivity (Wildman–Crippen MR) is 106 cm³/mol. The quantitative estimate of drug-likeness (QED) is 0.694. The summed E-state index contributed by atoms with van der Waals surface area (Å²) < 4.78 is 0. The molecule has 2 aromatic heterocycles. The van der Waals surface area contributed by atoms with E-state index in [4.69, 9.17) is 11.6 Å². The van der Waals surface area contributed by atoms with E-state index in [0.717, 1.165) is 48.6 Å². The number of pyridine rings is 2. The summed E-state index contributed by atoms with van der Waals surface area (Å²) in [5.74, 6) is 0. The second-order valence-corrected chi connectivity index (χ2v) is 7.35. The summed E-state index contributed by atoms with van der Waals surface area (Å²) in [6, 6.07) is 12.7. The Bertz CT molecular complexity index is 876. The first-order chi connectivity index (χ1) is 12.7. The monoisotopic (exact) mass is 366 g/mol. The van der Waals surface area contributed by atoms with Crippen LogP contribution >= 0.6 is 11.6 Å². The maximum atomic E-state index is 6.31. The summed E-state index contributed by atoms with van der Waals surface area (Å²) in [6.45, 7) is 7.37. The number of piperazine rings is 1. The minimum Gasteiger partial charge on any atom is -0.296 e. The van der Waals surface area contributed by atoms with Crippen LogP contribution in [0.4, 0.5) is 0 Å². The molecule has 5 heteroatoms. The zero-order valence-electron chi connectivity index (χ0n) is 15.0. The van der Waals surface area contributed by atoms with Gasteiger partial charge in [0.1, 0.15) is 0 Å². The third-order valence-corrected chi connectivity index (χ3v) is 5.48. The van der Waals surface area contributed by atoms with Crippen molar-refractivity contribution in [2.75, 3.05) is 26.2 Å². The van der Waals surface area contributed by atoms with Crippen LogP contribution in [0.1, 0.15) is 24.1 Å². The molecule has 0 amide bonds. The van der Waals surface area contributed by atoms with Crippen molar-refractivity contribution in [2.24, 2.45) is 0 Å². The topological polar surface area (TPSA) is 32.3 Å². The van der Waals surface area contributed by atoms with Gasteiger partial charge in [0, 0.05) is 67.8 Å². The molecule has 1 aliphatic rings. The van der Waals surface area contributed by atoms with E-state index in [0.29, 0.717) is 6.04 Å². The van der Waals surface area contributed by atoms with E-state index >= 15 is 0 Å². The van der Waals surface area contributed by atoms with Crippen LogP contribution in [-0.4, -0.2) is 45.9 Å². The Kier molecular flexibility index (Phi) is 5.16. The zero-order chi connectivity index (χ0) is 17.9. The van der Waals surface area contributed by atoms with Crippen molar-refractivity contribution in [2.45, 2.75) is 19.5 Å². The van der Waals surface area contributed by atoms with E-state index in [1.807, 2.05) is 36.8 Å². The summed E-state index contributed by atoms with van der Waals surface area (Å²) in [4.78, 5) is 13.8. The third-order valence-electron chi connectivity index (χ3n) is 5.26.